The molecule has 0 spiro atoms. The topological polar surface area (TPSA) is 38.0 Å². The molecule has 1 N–H and O–H groups in total. The number of hydrogen-bond donors (Lipinski definition) is 1. The minimum Gasteiger partial charge on any atom is -0.393 e. The first-order valence-electron chi connectivity index (χ1n) is 5.84. The highest BCUT2D eigenvalue weighted by Gasteiger charge is 2.24. The molecule has 0 bridgehead atoms. The van der Waals surface area contributed by atoms with Gasteiger partial charge in [0.2, 0.25) is 0 Å². The molecule has 1 atom stereocenters. The third-order valence-electron chi connectivity index (χ3n) is 3.22. The van der Waals surface area contributed by atoms with Crippen LogP contribution in [0.15, 0.2) is 24.3 Å². The van der Waals surface area contributed by atoms with E-state index >= 15 is 0 Å². The van der Waals surface area contributed by atoms with Gasteiger partial charge in [-0.05, 0) is 18.6 Å². The summed E-state index contributed by atoms with van der Waals surface area (Å²) < 4.78 is 15.2. The predicted molar refractivity (Wildman–Crippen MR) is 67.0 cm³/mol. The van der Waals surface area contributed by atoms with Crippen molar-refractivity contribution in [2.45, 2.75) is 25.5 Å². The zero-order valence-electron chi connectivity index (χ0n) is 9.61. The Labute approximate surface area is 109 Å². The van der Waals surface area contributed by atoms with Crippen LogP contribution < -0.4 is 0 Å². The Kier molecular flexibility index (Phi) is 2.84. The van der Waals surface area contributed by atoms with Crippen molar-refractivity contribution in [3.05, 3.63) is 40.9 Å². The van der Waals surface area contributed by atoms with Gasteiger partial charge in [-0.1, -0.05) is 23.7 Å². The Morgan fingerprint density at radius 3 is 3.06 bits per heavy atom. The van der Waals surface area contributed by atoms with Gasteiger partial charge in [-0.25, -0.2) is 9.37 Å². The zero-order valence-corrected chi connectivity index (χ0v) is 10.4. The summed E-state index contributed by atoms with van der Waals surface area (Å²) in [6, 6.07) is 6.30. The van der Waals surface area contributed by atoms with E-state index in [4.69, 9.17) is 11.6 Å². The Balaban J connectivity index is 2.11. The van der Waals surface area contributed by atoms with Crippen LogP contribution in [0.2, 0.25) is 5.15 Å². The molecule has 18 heavy (non-hydrogen) atoms. The Morgan fingerprint density at radius 1 is 1.44 bits per heavy atom. The fraction of sp³-hybridized carbons (Fsp3) is 0.308. The van der Waals surface area contributed by atoms with E-state index in [1.54, 1.807) is 12.1 Å². The smallest absolute Gasteiger partial charge is 0.151 e. The third-order valence-corrected chi connectivity index (χ3v) is 3.52. The number of fused-ring (bicyclic) bond motifs is 1. The first-order valence-corrected chi connectivity index (χ1v) is 6.22. The van der Waals surface area contributed by atoms with Gasteiger partial charge < -0.3 is 9.67 Å². The van der Waals surface area contributed by atoms with Gasteiger partial charge in [-0.2, -0.15) is 0 Å². The van der Waals surface area contributed by atoms with Gasteiger partial charge in [0, 0.05) is 18.5 Å². The molecular weight excluding hydrogens is 255 g/mol. The molecule has 0 aliphatic carbocycles. The minimum absolute atomic E-state index is 0.295. The number of hydrogen-bond acceptors (Lipinski definition) is 2. The second kappa shape index (κ2) is 4.37. The van der Waals surface area contributed by atoms with Crippen molar-refractivity contribution >= 4 is 11.6 Å². The highest BCUT2D eigenvalue weighted by atomic mass is 35.5. The lowest BCUT2D eigenvalue weighted by Crippen LogP contribution is -2.23. The van der Waals surface area contributed by atoms with Gasteiger partial charge in [-0.3, -0.25) is 0 Å². The molecule has 1 aromatic heterocycles. The van der Waals surface area contributed by atoms with Gasteiger partial charge in [-0.15, -0.1) is 0 Å². The van der Waals surface area contributed by atoms with Crippen LogP contribution in [0.3, 0.4) is 0 Å². The second-order valence-corrected chi connectivity index (χ2v) is 4.84. The fourth-order valence-corrected chi connectivity index (χ4v) is 2.60. The van der Waals surface area contributed by atoms with Crippen LogP contribution in [0.5, 0.6) is 0 Å². The van der Waals surface area contributed by atoms with Crippen molar-refractivity contribution in [2.24, 2.45) is 0 Å². The maximum Gasteiger partial charge on any atom is 0.151 e. The summed E-state index contributed by atoms with van der Waals surface area (Å²) in [6.07, 6.45) is 0.801. The van der Waals surface area contributed by atoms with Crippen molar-refractivity contribution in [3.63, 3.8) is 0 Å². The summed E-state index contributed by atoms with van der Waals surface area (Å²) in [5, 5.41) is 10.0. The predicted octanol–water partition coefficient (Wildman–Crippen LogP) is 2.65. The van der Waals surface area contributed by atoms with Gasteiger partial charge in [0.1, 0.15) is 11.6 Å². The Morgan fingerprint density at radius 2 is 2.28 bits per heavy atom. The van der Waals surface area contributed by atoms with Crippen LogP contribution in [0.4, 0.5) is 4.39 Å². The van der Waals surface area contributed by atoms with E-state index in [2.05, 4.69) is 4.98 Å². The number of benzene rings is 1. The molecular formula is C13H12ClFN2O. The maximum atomic E-state index is 13.2. The summed E-state index contributed by atoms with van der Waals surface area (Å²) in [5.41, 5.74) is 1.54. The molecule has 1 aliphatic heterocycles. The highest BCUT2D eigenvalue weighted by Crippen LogP contribution is 2.30. The summed E-state index contributed by atoms with van der Waals surface area (Å²) in [5.74, 6) is 0.373. The quantitative estimate of drug-likeness (QED) is 0.862. The van der Waals surface area contributed by atoms with Crippen molar-refractivity contribution in [3.8, 4) is 11.4 Å². The first-order chi connectivity index (χ1) is 8.65. The van der Waals surface area contributed by atoms with E-state index in [9.17, 15) is 9.50 Å². The summed E-state index contributed by atoms with van der Waals surface area (Å²) in [4.78, 5) is 4.29. The van der Waals surface area contributed by atoms with Crippen molar-refractivity contribution < 1.29 is 9.50 Å². The van der Waals surface area contributed by atoms with Crippen LogP contribution in [-0.4, -0.2) is 20.8 Å². The highest BCUT2D eigenvalue weighted by molar-refractivity contribution is 6.30. The summed E-state index contributed by atoms with van der Waals surface area (Å²) in [6.45, 7) is 0.655. The molecule has 0 radical (unpaired) electrons. The molecule has 5 heteroatoms. The Hall–Kier alpha value is -1.39. The molecule has 3 nitrogen and oxygen atoms in total. The van der Waals surface area contributed by atoms with E-state index in [1.807, 2.05) is 4.57 Å². The zero-order chi connectivity index (χ0) is 12.7. The number of aliphatic hydroxyl groups is 1. The van der Waals surface area contributed by atoms with E-state index in [1.165, 1.54) is 12.1 Å². The average Bonchev–Trinajstić information content (AvgIpc) is 2.67. The van der Waals surface area contributed by atoms with Gasteiger partial charge in [0.15, 0.2) is 5.15 Å². The lowest BCUT2D eigenvalue weighted by Gasteiger charge is -2.21. The van der Waals surface area contributed by atoms with Gasteiger partial charge in [0.25, 0.3) is 0 Å². The summed E-state index contributed by atoms with van der Waals surface area (Å²) >= 11 is 6.08. The molecule has 0 saturated carbocycles. The number of aliphatic hydroxyl groups excluding tert-OH is 1. The minimum atomic E-state index is -0.368. The van der Waals surface area contributed by atoms with Crippen molar-refractivity contribution in [1.29, 1.82) is 0 Å². The maximum absolute atomic E-state index is 13.2. The van der Waals surface area contributed by atoms with E-state index < -0.39 is 0 Å². The molecule has 3 rings (SSSR count). The van der Waals surface area contributed by atoms with Crippen LogP contribution >= 0.6 is 11.6 Å². The Bertz CT molecular complexity index is 597. The average molecular weight is 267 g/mol. The van der Waals surface area contributed by atoms with Crippen LogP contribution in [0.1, 0.15) is 12.1 Å². The lowest BCUT2D eigenvalue weighted by atomic mass is 10.1. The molecule has 1 aliphatic rings. The number of aromatic nitrogens is 2. The van der Waals surface area contributed by atoms with E-state index in [-0.39, 0.29) is 11.9 Å². The molecule has 0 saturated heterocycles. The molecule has 94 valence electrons. The van der Waals surface area contributed by atoms with Crippen molar-refractivity contribution in [2.75, 3.05) is 0 Å². The molecule has 1 unspecified atom stereocenters. The van der Waals surface area contributed by atoms with Crippen LogP contribution in [0, 0.1) is 5.82 Å². The first kappa shape index (κ1) is 11.7. The van der Waals surface area contributed by atoms with Crippen LogP contribution in [0.25, 0.3) is 11.4 Å². The number of imidazole rings is 1. The fourth-order valence-electron chi connectivity index (χ4n) is 2.34. The summed E-state index contributed by atoms with van der Waals surface area (Å²) in [7, 11) is 0. The molecule has 2 aromatic rings. The standard InChI is InChI=1S/C13H12ClFN2O/c14-12-11-7-10(18)4-5-17(11)13(16-12)8-2-1-3-9(15)6-8/h1-3,6,10,18H,4-5,7H2. The van der Waals surface area contributed by atoms with E-state index in [0.29, 0.717) is 35.9 Å². The largest absolute Gasteiger partial charge is 0.393 e. The van der Waals surface area contributed by atoms with E-state index in [0.717, 1.165) is 5.69 Å². The van der Waals surface area contributed by atoms with Gasteiger partial charge in [0.05, 0.1) is 11.8 Å². The number of rotatable bonds is 1. The lowest BCUT2D eigenvalue weighted by molar-refractivity contribution is 0.144. The third kappa shape index (κ3) is 1.91. The molecule has 0 fully saturated rings. The normalized spacial score (nSPS) is 18.7. The van der Waals surface area contributed by atoms with Crippen LogP contribution in [-0.2, 0) is 13.0 Å². The van der Waals surface area contributed by atoms with Gasteiger partial charge >= 0.3 is 0 Å². The second-order valence-electron chi connectivity index (χ2n) is 4.48. The molecule has 0 amide bonds. The number of nitrogens with zero attached hydrogens (tertiary/aromatic N) is 2. The molecule has 2 heterocycles. The van der Waals surface area contributed by atoms with Crippen molar-refractivity contribution in [1.82, 2.24) is 9.55 Å². The molecule has 1 aromatic carbocycles. The monoisotopic (exact) mass is 266 g/mol. The SMILES string of the molecule is OC1CCn2c(-c3cccc(F)c3)nc(Cl)c2C1. The number of halogens is 2.